The molecule has 2 amide bonds. The maximum Gasteiger partial charge on any atom is 0.410 e. The normalized spacial score (nSPS) is 12.9. The van der Waals surface area contributed by atoms with E-state index in [1.807, 2.05) is 27.7 Å². The molecule has 11 heteroatoms. The maximum absolute atomic E-state index is 13.2. The molecule has 1 aliphatic heterocycles. The molecule has 0 radical (unpaired) electrons. The lowest BCUT2D eigenvalue weighted by Crippen LogP contribution is -2.33. The van der Waals surface area contributed by atoms with E-state index in [0.717, 1.165) is 16.3 Å². The standard InChI is InChI=1S/C23H24ClN5O4S/c1-12-6-14(15-7-13(24)8-26-20(15)32-5)16(9-25-12)19(30)28-21-27-17-10-29(11-18(17)34-21)22(31)33-23(2,3)4/h6-9H,10-11H2,1-5H3,(H,27,28,30). The summed E-state index contributed by atoms with van der Waals surface area (Å²) in [4.78, 5) is 41.0. The SMILES string of the molecule is COc1ncc(Cl)cc1-c1cc(C)ncc1C(=O)Nc1nc2c(s1)CN(C(=O)OC(C)(C)C)C2. The van der Waals surface area contributed by atoms with Gasteiger partial charge in [-0.05, 0) is 39.8 Å². The fraction of sp³-hybridized carbons (Fsp3) is 0.348. The number of aromatic nitrogens is 3. The molecule has 4 rings (SSSR count). The first-order valence-electron chi connectivity index (χ1n) is 10.5. The van der Waals surface area contributed by atoms with E-state index >= 15 is 0 Å². The van der Waals surface area contributed by atoms with Gasteiger partial charge >= 0.3 is 6.09 Å². The number of fused-ring (bicyclic) bond motifs is 1. The van der Waals surface area contributed by atoms with Crippen molar-refractivity contribution in [1.82, 2.24) is 19.9 Å². The molecule has 4 heterocycles. The summed E-state index contributed by atoms with van der Waals surface area (Å²) in [6.07, 6.45) is 2.60. The van der Waals surface area contributed by atoms with Gasteiger partial charge in [-0.25, -0.2) is 14.8 Å². The summed E-state index contributed by atoms with van der Waals surface area (Å²) in [5.41, 5.74) is 2.41. The molecule has 3 aromatic heterocycles. The van der Waals surface area contributed by atoms with Crippen molar-refractivity contribution in [2.45, 2.75) is 46.4 Å². The molecule has 1 aliphatic rings. The van der Waals surface area contributed by atoms with Crippen LogP contribution in [-0.4, -0.2) is 44.6 Å². The van der Waals surface area contributed by atoms with Crippen molar-refractivity contribution in [3.8, 4) is 17.0 Å². The topological polar surface area (TPSA) is 107 Å². The van der Waals surface area contributed by atoms with Gasteiger partial charge in [0.25, 0.3) is 5.91 Å². The van der Waals surface area contributed by atoms with Gasteiger partial charge in [0, 0.05) is 29.2 Å². The average molecular weight is 502 g/mol. The van der Waals surface area contributed by atoms with Crippen LogP contribution in [0.2, 0.25) is 5.02 Å². The number of amides is 2. The van der Waals surface area contributed by atoms with Gasteiger partial charge in [0.05, 0.1) is 41.4 Å². The van der Waals surface area contributed by atoms with E-state index in [4.69, 9.17) is 21.1 Å². The minimum absolute atomic E-state index is 0.332. The minimum atomic E-state index is -0.569. The Bertz CT molecular complexity index is 1250. The molecule has 178 valence electrons. The van der Waals surface area contributed by atoms with Crippen LogP contribution in [-0.2, 0) is 17.8 Å². The number of methoxy groups -OCH3 is 1. The predicted molar refractivity (Wildman–Crippen MR) is 129 cm³/mol. The molecule has 1 N–H and O–H groups in total. The highest BCUT2D eigenvalue weighted by atomic mass is 35.5. The Morgan fingerprint density at radius 1 is 1.15 bits per heavy atom. The third-order valence-corrected chi connectivity index (χ3v) is 6.12. The summed E-state index contributed by atoms with van der Waals surface area (Å²) >= 11 is 7.49. The number of rotatable bonds is 4. The van der Waals surface area contributed by atoms with Crippen LogP contribution in [0.1, 0.15) is 47.4 Å². The highest BCUT2D eigenvalue weighted by molar-refractivity contribution is 7.16. The Morgan fingerprint density at radius 3 is 2.59 bits per heavy atom. The Labute approximate surface area is 206 Å². The fourth-order valence-corrected chi connectivity index (χ4v) is 4.60. The summed E-state index contributed by atoms with van der Waals surface area (Å²) in [5.74, 6) is -0.0274. The highest BCUT2D eigenvalue weighted by Gasteiger charge is 2.31. The number of nitrogens with one attached hydrogen (secondary N) is 1. The molecule has 0 spiro atoms. The van der Waals surface area contributed by atoms with Crippen molar-refractivity contribution in [2.24, 2.45) is 0 Å². The lowest BCUT2D eigenvalue weighted by atomic mass is 10.0. The molecule has 9 nitrogen and oxygen atoms in total. The predicted octanol–water partition coefficient (Wildman–Crippen LogP) is 5.07. The highest BCUT2D eigenvalue weighted by Crippen LogP contribution is 2.35. The van der Waals surface area contributed by atoms with Crippen LogP contribution in [0.4, 0.5) is 9.93 Å². The molecule has 34 heavy (non-hydrogen) atoms. The zero-order valence-corrected chi connectivity index (χ0v) is 21.0. The van der Waals surface area contributed by atoms with E-state index in [1.54, 1.807) is 17.0 Å². The van der Waals surface area contributed by atoms with Crippen LogP contribution >= 0.6 is 22.9 Å². The minimum Gasteiger partial charge on any atom is -0.481 e. The molecular formula is C23H24ClN5O4S. The van der Waals surface area contributed by atoms with Crippen LogP contribution in [0.3, 0.4) is 0 Å². The second-order valence-corrected chi connectivity index (χ2v) is 10.3. The van der Waals surface area contributed by atoms with Crippen molar-refractivity contribution < 1.29 is 19.1 Å². The van der Waals surface area contributed by atoms with E-state index in [0.29, 0.717) is 45.8 Å². The Morgan fingerprint density at radius 2 is 1.91 bits per heavy atom. The van der Waals surface area contributed by atoms with Gasteiger partial charge in [0.2, 0.25) is 5.88 Å². The van der Waals surface area contributed by atoms with Gasteiger partial charge in [0.15, 0.2) is 5.13 Å². The molecule has 0 saturated carbocycles. The lowest BCUT2D eigenvalue weighted by molar-refractivity contribution is 0.0241. The number of carbonyl (C=O) groups is 2. The smallest absolute Gasteiger partial charge is 0.410 e. The van der Waals surface area contributed by atoms with Gasteiger partial charge < -0.3 is 9.47 Å². The molecule has 0 atom stereocenters. The summed E-state index contributed by atoms with van der Waals surface area (Å²) < 4.78 is 10.8. The first-order valence-corrected chi connectivity index (χ1v) is 11.7. The molecule has 0 aliphatic carbocycles. The van der Waals surface area contributed by atoms with Gasteiger partial charge in [0.1, 0.15) is 5.60 Å². The number of thiazole rings is 1. The molecule has 0 saturated heterocycles. The quantitative estimate of drug-likeness (QED) is 0.531. The fourth-order valence-electron chi connectivity index (χ4n) is 3.46. The zero-order valence-electron chi connectivity index (χ0n) is 19.4. The monoisotopic (exact) mass is 501 g/mol. The number of carbonyl (C=O) groups excluding carboxylic acids is 2. The van der Waals surface area contributed by atoms with Crippen molar-refractivity contribution in [2.75, 3.05) is 12.4 Å². The number of aryl methyl sites for hydroxylation is 1. The van der Waals surface area contributed by atoms with Gasteiger partial charge in [-0.3, -0.25) is 20.0 Å². The molecule has 0 bridgehead atoms. The second kappa shape index (κ2) is 9.19. The van der Waals surface area contributed by atoms with Crippen molar-refractivity contribution in [3.63, 3.8) is 0 Å². The number of nitrogens with zero attached hydrogens (tertiary/aromatic N) is 4. The first-order chi connectivity index (χ1) is 16.0. The van der Waals surface area contributed by atoms with Crippen LogP contribution in [0.25, 0.3) is 11.1 Å². The number of ether oxygens (including phenoxy) is 2. The maximum atomic E-state index is 13.2. The number of pyridine rings is 2. The average Bonchev–Trinajstić information content (AvgIpc) is 3.31. The number of hydrogen-bond acceptors (Lipinski definition) is 8. The summed E-state index contributed by atoms with van der Waals surface area (Å²) in [6.45, 7) is 8.03. The van der Waals surface area contributed by atoms with E-state index < -0.39 is 5.60 Å². The van der Waals surface area contributed by atoms with E-state index in [2.05, 4.69) is 20.3 Å². The van der Waals surface area contributed by atoms with Crippen molar-refractivity contribution in [1.29, 1.82) is 0 Å². The summed E-state index contributed by atoms with van der Waals surface area (Å²) in [6, 6.07) is 3.48. The van der Waals surface area contributed by atoms with E-state index in [-0.39, 0.29) is 12.0 Å². The van der Waals surface area contributed by atoms with Gasteiger partial charge in [-0.2, -0.15) is 0 Å². The molecule has 3 aromatic rings. The largest absolute Gasteiger partial charge is 0.481 e. The number of halogens is 1. The Balaban J connectivity index is 1.55. The number of hydrogen-bond donors (Lipinski definition) is 1. The van der Waals surface area contributed by atoms with Crippen molar-refractivity contribution >= 4 is 40.1 Å². The Kier molecular flexibility index (Phi) is 6.46. The van der Waals surface area contributed by atoms with Crippen LogP contribution in [0.5, 0.6) is 5.88 Å². The first kappa shape index (κ1) is 23.9. The van der Waals surface area contributed by atoms with E-state index in [9.17, 15) is 9.59 Å². The third kappa shape index (κ3) is 5.13. The molecular weight excluding hydrogens is 478 g/mol. The summed E-state index contributed by atoms with van der Waals surface area (Å²) in [5, 5.41) is 3.72. The third-order valence-electron chi connectivity index (χ3n) is 4.91. The van der Waals surface area contributed by atoms with Crippen LogP contribution < -0.4 is 10.1 Å². The van der Waals surface area contributed by atoms with Crippen LogP contribution in [0.15, 0.2) is 24.5 Å². The molecule has 0 aromatic carbocycles. The summed E-state index contributed by atoms with van der Waals surface area (Å²) in [7, 11) is 1.51. The van der Waals surface area contributed by atoms with E-state index in [1.165, 1.54) is 30.8 Å². The Hall–Kier alpha value is -3.24. The van der Waals surface area contributed by atoms with Crippen LogP contribution in [0, 0.1) is 6.92 Å². The second-order valence-electron chi connectivity index (χ2n) is 8.76. The molecule has 0 unspecified atom stereocenters. The van der Waals surface area contributed by atoms with Gasteiger partial charge in [-0.1, -0.05) is 22.9 Å². The molecule has 0 fully saturated rings. The number of anilines is 1. The zero-order chi connectivity index (χ0) is 24.6. The van der Waals surface area contributed by atoms with Crippen molar-refractivity contribution in [3.05, 3.63) is 51.4 Å². The lowest BCUT2D eigenvalue weighted by Gasteiger charge is -2.24. The van der Waals surface area contributed by atoms with Gasteiger partial charge in [-0.15, -0.1) is 0 Å².